The molecule has 0 saturated heterocycles. The Kier molecular flexibility index (Phi) is 3.33. The van der Waals surface area contributed by atoms with Crippen molar-refractivity contribution in [1.82, 2.24) is 0 Å². The first-order valence-electron chi connectivity index (χ1n) is 3.81. The van der Waals surface area contributed by atoms with Crippen LogP contribution in [0.5, 0.6) is 5.75 Å². The van der Waals surface area contributed by atoms with Crippen molar-refractivity contribution in [2.75, 3.05) is 0 Å². The summed E-state index contributed by atoms with van der Waals surface area (Å²) in [7, 11) is 0. The van der Waals surface area contributed by atoms with E-state index in [1.165, 1.54) is 6.07 Å². The maximum absolute atomic E-state index is 9.54. The van der Waals surface area contributed by atoms with Crippen molar-refractivity contribution in [3.63, 3.8) is 0 Å². The summed E-state index contributed by atoms with van der Waals surface area (Å²) in [5, 5.41) is 10.4. The van der Waals surface area contributed by atoms with Gasteiger partial charge >= 0.3 is 0 Å². The summed E-state index contributed by atoms with van der Waals surface area (Å²) in [6.07, 6.45) is 0. The Hall–Kier alpha value is -0.110. The van der Waals surface area contributed by atoms with Gasteiger partial charge in [-0.2, -0.15) is 0 Å². The SMILES string of the molecule is CC(C)c1c(O)cc(Cl)c(Cl)c1Cl. The van der Waals surface area contributed by atoms with E-state index >= 15 is 0 Å². The van der Waals surface area contributed by atoms with Crippen molar-refractivity contribution in [1.29, 1.82) is 0 Å². The van der Waals surface area contributed by atoms with Crippen molar-refractivity contribution < 1.29 is 5.11 Å². The monoisotopic (exact) mass is 238 g/mol. The van der Waals surface area contributed by atoms with E-state index < -0.39 is 0 Å². The Balaban J connectivity index is 3.44. The van der Waals surface area contributed by atoms with Gasteiger partial charge < -0.3 is 5.11 Å². The number of hydrogen-bond donors (Lipinski definition) is 1. The van der Waals surface area contributed by atoms with Crippen molar-refractivity contribution in [2.45, 2.75) is 19.8 Å². The first-order valence-corrected chi connectivity index (χ1v) is 4.95. The second-order valence-corrected chi connectivity index (χ2v) is 4.24. The summed E-state index contributed by atoms with van der Waals surface area (Å²) < 4.78 is 0. The summed E-state index contributed by atoms with van der Waals surface area (Å²) in [4.78, 5) is 0. The van der Waals surface area contributed by atoms with Crippen LogP contribution in [0.3, 0.4) is 0 Å². The molecular weight excluding hydrogens is 230 g/mol. The smallest absolute Gasteiger partial charge is 0.122 e. The first kappa shape index (κ1) is 11.0. The Bertz CT molecular complexity index is 334. The molecule has 0 radical (unpaired) electrons. The van der Waals surface area contributed by atoms with Crippen LogP contribution >= 0.6 is 34.8 Å². The summed E-state index contributed by atoms with van der Waals surface area (Å²) in [5.74, 6) is 0.205. The Labute approximate surface area is 92.2 Å². The maximum atomic E-state index is 9.54. The van der Waals surface area contributed by atoms with E-state index in [1.54, 1.807) is 0 Å². The highest BCUT2D eigenvalue weighted by atomic mass is 35.5. The van der Waals surface area contributed by atoms with Crippen LogP contribution in [-0.4, -0.2) is 5.11 Å². The topological polar surface area (TPSA) is 20.2 Å². The number of phenolic OH excluding ortho intramolecular Hbond substituents is 1. The lowest BCUT2D eigenvalue weighted by Gasteiger charge is -2.12. The molecule has 1 nitrogen and oxygen atoms in total. The molecule has 0 heterocycles. The Morgan fingerprint density at radius 1 is 1.15 bits per heavy atom. The Morgan fingerprint density at radius 3 is 2.15 bits per heavy atom. The van der Waals surface area contributed by atoms with Crippen LogP contribution in [0.4, 0.5) is 0 Å². The molecule has 0 aliphatic rings. The molecule has 0 amide bonds. The molecule has 4 heteroatoms. The zero-order chi connectivity index (χ0) is 10.2. The van der Waals surface area contributed by atoms with E-state index in [2.05, 4.69) is 0 Å². The highest BCUT2D eigenvalue weighted by molar-refractivity contribution is 6.48. The highest BCUT2D eigenvalue weighted by Crippen LogP contribution is 2.41. The molecule has 13 heavy (non-hydrogen) atoms. The predicted octanol–water partition coefficient (Wildman–Crippen LogP) is 4.48. The number of benzene rings is 1. The van der Waals surface area contributed by atoms with Crippen molar-refractivity contribution >= 4 is 34.8 Å². The van der Waals surface area contributed by atoms with Crippen LogP contribution in [-0.2, 0) is 0 Å². The normalized spacial score (nSPS) is 10.9. The van der Waals surface area contributed by atoms with Crippen LogP contribution in [0.1, 0.15) is 25.3 Å². The van der Waals surface area contributed by atoms with Gasteiger partial charge in [-0.25, -0.2) is 0 Å². The van der Waals surface area contributed by atoms with Gasteiger partial charge in [0.05, 0.1) is 15.1 Å². The third-order valence-electron chi connectivity index (χ3n) is 1.76. The summed E-state index contributed by atoms with van der Waals surface area (Å²) >= 11 is 17.5. The molecule has 1 rings (SSSR count). The minimum absolute atomic E-state index is 0.0920. The molecule has 0 aliphatic heterocycles. The second-order valence-electron chi connectivity index (χ2n) is 3.07. The number of halogens is 3. The minimum Gasteiger partial charge on any atom is -0.508 e. The third-order valence-corrected chi connectivity index (χ3v) is 3.03. The van der Waals surface area contributed by atoms with Crippen LogP contribution in [0.15, 0.2) is 6.07 Å². The zero-order valence-electron chi connectivity index (χ0n) is 7.24. The van der Waals surface area contributed by atoms with Gasteiger partial charge in [-0.1, -0.05) is 48.7 Å². The molecule has 0 aliphatic carbocycles. The van der Waals surface area contributed by atoms with E-state index in [0.29, 0.717) is 15.6 Å². The van der Waals surface area contributed by atoms with E-state index in [0.717, 1.165) is 0 Å². The van der Waals surface area contributed by atoms with Crippen LogP contribution in [0.2, 0.25) is 15.1 Å². The molecule has 0 atom stereocenters. The van der Waals surface area contributed by atoms with Gasteiger partial charge in [-0.3, -0.25) is 0 Å². The van der Waals surface area contributed by atoms with Crippen LogP contribution in [0.25, 0.3) is 0 Å². The lowest BCUT2D eigenvalue weighted by Crippen LogP contribution is -1.91. The number of hydrogen-bond acceptors (Lipinski definition) is 1. The predicted molar refractivity (Wildman–Crippen MR) is 57.2 cm³/mol. The molecule has 0 saturated carbocycles. The molecule has 0 aromatic heterocycles. The molecule has 72 valence electrons. The lowest BCUT2D eigenvalue weighted by molar-refractivity contribution is 0.465. The van der Waals surface area contributed by atoms with Crippen molar-refractivity contribution in [3.8, 4) is 5.75 Å². The molecule has 1 aromatic carbocycles. The van der Waals surface area contributed by atoms with Gasteiger partial charge in [0.2, 0.25) is 0 Å². The minimum atomic E-state index is 0.0920. The average molecular weight is 240 g/mol. The van der Waals surface area contributed by atoms with Gasteiger partial charge in [0.15, 0.2) is 0 Å². The molecule has 0 unspecified atom stereocenters. The van der Waals surface area contributed by atoms with Crippen LogP contribution < -0.4 is 0 Å². The molecule has 0 fully saturated rings. The fourth-order valence-electron chi connectivity index (χ4n) is 1.15. The van der Waals surface area contributed by atoms with Crippen molar-refractivity contribution in [3.05, 3.63) is 26.7 Å². The third kappa shape index (κ3) is 2.04. The van der Waals surface area contributed by atoms with E-state index in [-0.39, 0.29) is 16.7 Å². The first-order chi connectivity index (χ1) is 5.95. The number of rotatable bonds is 1. The standard InChI is InChI=1S/C9H9Cl3O/c1-4(2)7-6(13)3-5(10)8(11)9(7)12/h3-4,13H,1-2H3. The van der Waals surface area contributed by atoms with Gasteiger partial charge in [0, 0.05) is 11.6 Å². The van der Waals surface area contributed by atoms with Crippen molar-refractivity contribution in [2.24, 2.45) is 0 Å². The lowest BCUT2D eigenvalue weighted by atomic mass is 10.0. The van der Waals surface area contributed by atoms with E-state index in [9.17, 15) is 5.11 Å². The summed E-state index contributed by atoms with van der Waals surface area (Å²) in [6, 6.07) is 1.41. The quantitative estimate of drug-likeness (QED) is 0.717. The fraction of sp³-hybridized carbons (Fsp3) is 0.333. The maximum Gasteiger partial charge on any atom is 0.122 e. The largest absolute Gasteiger partial charge is 0.508 e. The average Bonchev–Trinajstić information content (AvgIpc) is 1.99. The highest BCUT2D eigenvalue weighted by Gasteiger charge is 2.16. The molecule has 0 spiro atoms. The molecule has 0 bridgehead atoms. The molecule has 1 aromatic rings. The number of phenols is 1. The second kappa shape index (κ2) is 3.95. The zero-order valence-corrected chi connectivity index (χ0v) is 9.50. The summed E-state index contributed by atoms with van der Waals surface area (Å²) in [6.45, 7) is 3.84. The van der Waals surface area contributed by atoms with Gasteiger partial charge in [-0.15, -0.1) is 0 Å². The fourth-order valence-corrected chi connectivity index (χ4v) is 1.97. The van der Waals surface area contributed by atoms with E-state index in [1.807, 2.05) is 13.8 Å². The van der Waals surface area contributed by atoms with Gasteiger partial charge in [-0.05, 0) is 5.92 Å². The van der Waals surface area contributed by atoms with Gasteiger partial charge in [0.25, 0.3) is 0 Å². The summed E-state index contributed by atoms with van der Waals surface area (Å²) in [5.41, 5.74) is 0.635. The Morgan fingerprint density at radius 2 is 1.69 bits per heavy atom. The van der Waals surface area contributed by atoms with Gasteiger partial charge in [0.1, 0.15) is 5.75 Å². The number of aromatic hydroxyl groups is 1. The van der Waals surface area contributed by atoms with E-state index in [4.69, 9.17) is 34.8 Å². The molecular formula is C9H9Cl3O. The molecule has 1 N–H and O–H groups in total. The van der Waals surface area contributed by atoms with Crippen LogP contribution in [0, 0.1) is 0 Å².